The van der Waals surface area contributed by atoms with Gasteiger partial charge in [-0.2, -0.15) is 0 Å². The van der Waals surface area contributed by atoms with E-state index in [1.54, 1.807) is 0 Å². The van der Waals surface area contributed by atoms with E-state index in [4.69, 9.17) is 18.9 Å². The fourth-order valence-electron chi connectivity index (χ4n) is 4.24. The van der Waals surface area contributed by atoms with Crippen molar-refractivity contribution in [3.63, 3.8) is 0 Å². The number of ether oxygens (including phenoxy) is 4. The lowest BCUT2D eigenvalue weighted by Crippen LogP contribution is -2.24. The second-order valence-corrected chi connectivity index (χ2v) is 8.63. The van der Waals surface area contributed by atoms with E-state index in [1.807, 2.05) is 19.9 Å². The van der Waals surface area contributed by atoms with Gasteiger partial charge in [0.25, 0.3) is 0 Å². The number of hydrogen-bond acceptors (Lipinski definition) is 4. The SMILES string of the molecule is CC=C=C(C)C1C(OCC2CO2)=C2CC=C(C)CCC2=C(OCC2CO2)/C1=C/C=C/C. The van der Waals surface area contributed by atoms with Crippen molar-refractivity contribution in [1.82, 2.24) is 0 Å². The third kappa shape index (κ3) is 5.33. The molecule has 0 aromatic heterocycles. The molecule has 166 valence electrons. The maximum Gasteiger partial charge on any atom is 0.127 e. The quantitative estimate of drug-likeness (QED) is 0.285. The van der Waals surface area contributed by atoms with Crippen LogP contribution >= 0.6 is 0 Å². The Balaban J connectivity index is 1.86. The number of fused-ring (bicyclic) bond motifs is 1. The van der Waals surface area contributed by atoms with Crippen molar-refractivity contribution in [2.24, 2.45) is 5.92 Å². The molecule has 0 aromatic carbocycles. The van der Waals surface area contributed by atoms with Crippen LogP contribution in [0.4, 0.5) is 0 Å². The van der Waals surface area contributed by atoms with Gasteiger partial charge in [0.05, 0.1) is 19.1 Å². The van der Waals surface area contributed by atoms with E-state index in [-0.39, 0.29) is 18.1 Å². The van der Waals surface area contributed by atoms with Crippen molar-refractivity contribution in [3.05, 3.63) is 75.5 Å². The predicted molar refractivity (Wildman–Crippen MR) is 122 cm³/mol. The molecule has 2 saturated heterocycles. The smallest absolute Gasteiger partial charge is 0.127 e. The molecule has 2 aliphatic heterocycles. The Kier molecular flexibility index (Phi) is 7.02. The Bertz CT molecular complexity index is 913. The van der Waals surface area contributed by atoms with Gasteiger partial charge in [-0.25, -0.2) is 0 Å². The van der Waals surface area contributed by atoms with Crippen LogP contribution in [0.15, 0.2) is 75.5 Å². The molecular formula is C27H34O4. The van der Waals surface area contributed by atoms with E-state index < -0.39 is 0 Å². The Hall–Kier alpha value is -2.26. The first-order valence-electron chi connectivity index (χ1n) is 11.4. The first-order valence-corrected chi connectivity index (χ1v) is 11.4. The second kappa shape index (κ2) is 9.91. The van der Waals surface area contributed by atoms with Crippen LogP contribution in [0.3, 0.4) is 0 Å². The van der Waals surface area contributed by atoms with Gasteiger partial charge in [-0.3, -0.25) is 0 Å². The highest BCUT2D eigenvalue weighted by molar-refractivity contribution is 5.56. The zero-order valence-electron chi connectivity index (χ0n) is 19.2. The van der Waals surface area contributed by atoms with E-state index in [2.05, 4.69) is 43.9 Å². The van der Waals surface area contributed by atoms with Crippen LogP contribution < -0.4 is 0 Å². The van der Waals surface area contributed by atoms with Gasteiger partial charge in [0.15, 0.2) is 0 Å². The lowest BCUT2D eigenvalue weighted by Gasteiger charge is -2.34. The lowest BCUT2D eigenvalue weighted by molar-refractivity contribution is 0.150. The predicted octanol–water partition coefficient (Wildman–Crippen LogP) is 5.71. The van der Waals surface area contributed by atoms with Crippen molar-refractivity contribution in [2.45, 2.75) is 59.2 Å². The van der Waals surface area contributed by atoms with Crippen LogP contribution in [0.25, 0.3) is 0 Å². The average Bonchev–Trinajstić information content (AvgIpc) is 3.65. The average molecular weight is 423 g/mol. The minimum atomic E-state index is -0.0215. The number of allylic oxidation sites excluding steroid dienone is 9. The number of epoxide rings is 2. The Morgan fingerprint density at radius 3 is 2.45 bits per heavy atom. The Morgan fingerprint density at radius 2 is 1.81 bits per heavy atom. The van der Waals surface area contributed by atoms with E-state index in [9.17, 15) is 0 Å². The minimum Gasteiger partial charge on any atom is -0.494 e. The summed E-state index contributed by atoms with van der Waals surface area (Å²) >= 11 is 0. The first-order chi connectivity index (χ1) is 15.1. The third-order valence-electron chi connectivity index (χ3n) is 6.11. The van der Waals surface area contributed by atoms with Crippen LogP contribution in [0, 0.1) is 5.92 Å². The maximum atomic E-state index is 6.52. The summed E-state index contributed by atoms with van der Waals surface area (Å²) in [7, 11) is 0. The van der Waals surface area contributed by atoms with Crippen LogP contribution in [0.2, 0.25) is 0 Å². The van der Waals surface area contributed by atoms with E-state index in [0.29, 0.717) is 13.2 Å². The van der Waals surface area contributed by atoms with Gasteiger partial charge in [-0.1, -0.05) is 29.9 Å². The fraction of sp³-hybridized carbons (Fsp3) is 0.519. The van der Waals surface area contributed by atoms with Gasteiger partial charge < -0.3 is 18.9 Å². The van der Waals surface area contributed by atoms with Crippen LogP contribution in [-0.2, 0) is 18.9 Å². The molecule has 4 nitrogen and oxygen atoms in total. The van der Waals surface area contributed by atoms with Gasteiger partial charge in [0.2, 0.25) is 0 Å². The van der Waals surface area contributed by atoms with Crippen molar-refractivity contribution >= 4 is 0 Å². The molecule has 0 bridgehead atoms. The van der Waals surface area contributed by atoms with E-state index >= 15 is 0 Å². The summed E-state index contributed by atoms with van der Waals surface area (Å²) in [6.45, 7) is 11.2. The molecule has 3 atom stereocenters. The van der Waals surface area contributed by atoms with E-state index in [0.717, 1.165) is 55.1 Å². The molecule has 0 radical (unpaired) electrons. The van der Waals surface area contributed by atoms with Crippen molar-refractivity contribution in [2.75, 3.05) is 26.4 Å². The first kappa shape index (κ1) is 22.0. The molecule has 0 spiro atoms. The molecular weight excluding hydrogens is 388 g/mol. The van der Waals surface area contributed by atoms with Gasteiger partial charge in [0.1, 0.15) is 36.9 Å². The van der Waals surface area contributed by atoms with Gasteiger partial charge in [-0.15, -0.1) is 5.73 Å². The van der Waals surface area contributed by atoms with Crippen molar-refractivity contribution in [1.29, 1.82) is 0 Å². The van der Waals surface area contributed by atoms with Gasteiger partial charge in [0, 0.05) is 16.7 Å². The summed E-state index contributed by atoms with van der Waals surface area (Å²) in [5.74, 6) is 2.02. The zero-order valence-corrected chi connectivity index (χ0v) is 19.2. The summed E-state index contributed by atoms with van der Waals surface area (Å²) in [4.78, 5) is 0. The topological polar surface area (TPSA) is 43.5 Å². The minimum absolute atomic E-state index is 0.0215. The molecule has 2 aliphatic carbocycles. The second-order valence-electron chi connectivity index (χ2n) is 8.63. The molecule has 31 heavy (non-hydrogen) atoms. The Labute approximate surface area is 186 Å². The summed E-state index contributed by atoms with van der Waals surface area (Å²) in [6.07, 6.45) is 13.9. The van der Waals surface area contributed by atoms with Crippen molar-refractivity contribution in [3.8, 4) is 0 Å². The van der Waals surface area contributed by atoms with Crippen LogP contribution in [0.1, 0.15) is 47.0 Å². The number of hydrogen-bond donors (Lipinski definition) is 0. The standard InChI is InChI=1S/C27H34O4/c1-5-7-9-24-25(19(4)8-6-2)27(31-17-21-15-29-21)23-13-11-18(3)10-12-22(23)26(24)30-16-20-14-28-20/h5-7,9,11,20-21,25H,10,12-17H2,1-4H3/b7-5+,24-9+. The monoisotopic (exact) mass is 422 g/mol. The van der Waals surface area contributed by atoms with Gasteiger partial charge >= 0.3 is 0 Å². The molecule has 0 N–H and O–H groups in total. The van der Waals surface area contributed by atoms with Gasteiger partial charge in [-0.05, 0) is 58.6 Å². The molecule has 4 heteroatoms. The molecule has 4 rings (SSSR count). The summed E-state index contributed by atoms with van der Waals surface area (Å²) < 4.78 is 23.9. The summed E-state index contributed by atoms with van der Waals surface area (Å²) in [5, 5.41) is 0. The maximum absolute atomic E-state index is 6.52. The van der Waals surface area contributed by atoms with E-state index in [1.165, 1.54) is 16.7 Å². The molecule has 2 fully saturated rings. The zero-order chi connectivity index (χ0) is 21.8. The summed E-state index contributed by atoms with van der Waals surface area (Å²) in [5.41, 5.74) is 9.68. The van der Waals surface area contributed by atoms with Crippen LogP contribution in [0.5, 0.6) is 0 Å². The van der Waals surface area contributed by atoms with Crippen LogP contribution in [-0.4, -0.2) is 38.6 Å². The molecule has 0 amide bonds. The highest BCUT2D eigenvalue weighted by atomic mass is 16.6. The molecule has 4 aliphatic rings. The highest BCUT2D eigenvalue weighted by Gasteiger charge is 2.38. The lowest BCUT2D eigenvalue weighted by atomic mass is 9.77. The fourth-order valence-corrected chi connectivity index (χ4v) is 4.24. The summed E-state index contributed by atoms with van der Waals surface area (Å²) in [6, 6.07) is 0. The third-order valence-corrected chi connectivity index (χ3v) is 6.11. The molecule has 2 heterocycles. The largest absolute Gasteiger partial charge is 0.494 e. The molecule has 3 unspecified atom stereocenters. The van der Waals surface area contributed by atoms with Crippen molar-refractivity contribution < 1.29 is 18.9 Å². The molecule has 0 aromatic rings. The number of rotatable bonds is 8. The highest BCUT2D eigenvalue weighted by Crippen LogP contribution is 2.47. The molecule has 0 saturated carbocycles. The normalized spacial score (nSPS) is 28.7. The Morgan fingerprint density at radius 1 is 1.10 bits per heavy atom.